The van der Waals surface area contributed by atoms with E-state index in [0.29, 0.717) is 23.1 Å². The van der Waals surface area contributed by atoms with E-state index in [2.05, 4.69) is 27.0 Å². The maximum Gasteiger partial charge on any atom is 0.257 e. The monoisotopic (exact) mass is 329 g/mol. The van der Waals surface area contributed by atoms with Crippen molar-refractivity contribution in [2.45, 2.75) is 13.8 Å². The number of amides is 1. The average molecular weight is 331 g/mol. The summed E-state index contributed by atoms with van der Waals surface area (Å²) in [5.41, 5.74) is 0.345. The number of carbonyl (C=O) groups excluding carboxylic acids is 1. The quantitative estimate of drug-likeness (QED) is 0.797. The van der Waals surface area contributed by atoms with Crippen molar-refractivity contribution in [1.82, 2.24) is 9.88 Å². The molecule has 0 saturated carbocycles. The lowest BCUT2D eigenvalue weighted by atomic mass is 10.1. The lowest BCUT2D eigenvalue weighted by Crippen LogP contribution is -2.34. The number of nitriles is 1. The van der Waals surface area contributed by atoms with Gasteiger partial charge in [0, 0.05) is 23.8 Å². The van der Waals surface area contributed by atoms with E-state index < -0.39 is 0 Å². The highest BCUT2D eigenvalue weighted by Crippen LogP contribution is 2.20. The van der Waals surface area contributed by atoms with Gasteiger partial charge < -0.3 is 4.90 Å². The molecule has 0 aromatic carbocycles. The highest BCUT2D eigenvalue weighted by molar-refractivity contribution is 9.10. The number of carbonyl (C=O) groups is 1. The molecule has 0 aliphatic heterocycles. The van der Waals surface area contributed by atoms with Crippen LogP contribution in [0.2, 0.25) is 5.15 Å². The van der Waals surface area contributed by atoms with Crippen LogP contribution in [0.15, 0.2) is 16.7 Å². The minimum atomic E-state index is -0.215. The largest absolute Gasteiger partial charge is 0.338 e. The van der Waals surface area contributed by atoms with Gasteiger partial charge in [-0.15, -0.1) is 0 Å². The minimum Gasteiger partial charge on any atom is -0.338 e. The summed E-state index contributed by atoms with van der Waals surface area (Å²) >= 11 is 9.17. The number of hydrogen-bond donors (Lipinski definition) is 0. The first-order chi connectivity index (χ1) is 8.49. The van der Waals surface area contributed by atoms with Gasteiger partial charge in [0.25, 0.3) is 5.91 Å². The molecule has 1 unspecified atom stereocenters. The van der Waals surface area contributed by atoms with Crippen molar-refractivity contribution in [1.29, 1.82) is 5.26 Å². The van der Waals surface area contributed by atoms with Crippen LogP contribution in [0.5, 0.6) is 0 Å². The topological polar surface area (TPSA) is 57.0 Å². The Morgan fingerprint density at radius 1 is 1.72 bits per heavy atom. The maximum atomic E-state index is 12.3. The van der Waals surface area contributed by atoms with Crippen molar-refractivity contribution in [3.05, 3.63) is 27.5 Å². The number of nitrogens with zero attached hydrogens (tertiary/aromatic N) is 3. The number of aromatic nitrogens is 1. The maximum absolute atomic E-state index is 12.3. The van der Waals surface area contributed by atoms with E-state index in [9.17, 15) is 4.79 Å². The van der Waals surface area contributed by atoms with Gasteiger partial charge in [0.2, 0.25) is 0 Å². The first-order valence-electron chi connectivity index (χ1n) is 5.49. The summed E-state index contributed by atoms with van der Waals surface area (Å²) in [5.74, 6) is -0.425. The Morgan fingerprint density at radius 3 is 2.94 bits per heavy atom. The SMILES string of the molecule is CCN(CC(C)C#N)C(=O)c1cc(Br)cnc1Cl. The summed E-state index contributed by atoms with van der Waals surface area (Å²) < 4.78 is 0.694. The molecule has 0 N–H and O–H groups in total. The van der Waals surface area contributed by atoms with E-state index in [4.69, 9.17) is 16.9 Å². The molecule has 1 aromatic rings. The van der Waals surface area contributed by atoms with Gasteiger partial charge in [-0.3, -0.25) is 4.79 Å². The van der Waals surface area contributed by atoms with Crippen molar-refractivity contribution in [3.8, 4) is 6.07 Å². The summed E-state index contributed by atoms with van der Waals surface area (Å²) in [6.07, 6.45) is 1.54. The summed E-state index contributed by atoms with van der Waals surface area (Å²) in [6.45, 7) is 4.54. The third-order valence-corrected chi connectivity index (χ3v) is 3.15. The molecule has 1 heterocycles. The van der Waals surface area contributed by atoms with Crippen LogP contribution in [0.4, 0.5) is 0 Å². The smallest absolute Gasteiger partial charge is 0.257 e. The van der Waals surface area contributed by atoms with E-state index >= 15 is 0 Å². The molecule has 0 saturated heterocycles. The van der Waals surface area contributed by atoms with Gasteiger partial charge in [-0.1, -0.05) is 11.6 Å². The Balaban J connectivity index is 2.97. The molecular formula is C12H13BrClN3O. The first kappa shape index (κ1) is 14.9. The van der Waals surface area contributed by atoms with Crippen LogP contribution in [0.3, 0.4) is 0 Å². The van der Waals surface area contributed by atoms with Crippen LogP contribution in [-0.2, 0) is 0 Å². The van der Waals surface area contributed by atoms with Crippen molar-refractivity contribution < 1.29 is 4.79 Å². The predicted octanol–water partition coefficient (Wildman–Crippen LogP) is 3.12. The molecule has 1 amide bonds. The van der Waals surface area contributed by atoms with Gasteiger partial charge in [0.15, 0.2) is 0 Å². The molecule has 1 rings (SSSR count). The van der Waals surface area contributed by atoms with E-state index in [1.165, 1.54) is 6.20 Å². The number of halogens is 2. The second-order valence-electron chi connectivity index (χ2n) is 3.87. The third-order valence-electron chi connectivity index (χ3n) is 2.42. The third kappa shape index (κ3) is 3.69. The van der Waals surface area contributed by atoms with Crippen LogP contribution < -0.4 is 0 Å². The molecular weight excluding hydrogens is 318 g/mol. The lowest BCUT2D eigenvalue weighted by molar-refractivity contribution is 0.0752. The molecule has 1 atom stereocenters. The molecule has 0 aliphatic carbocycles. The van der Waals surface area contributed by atoms with Crippen LogP contribution in [0, 0.1) is 17.2 Å². The van der Waals surface area contributed by atoms with E-state index in [1.54, 1.807) is 17.9 Å². The zero-order valence-corrected chi connectivity index (χ0v) is 12.5. The zero-order valence-electron chi connectivity index (χ0n) is 10.2. The molecule has 0 aliphatic rings. The van der Waals surface area contributed by atoms with Crippen LogP contribution in [-0.4, -0.2) is 28.9 Å². The highest BCUT2D eigenvalue weighted by Gasteiger charge is 2.20. The Bertz CT molecular complexity index is 487. The van der Waals surface area contributed by atoms with Crippen LogP contribution in [0.25, 0.3) is 0 Å². The van der Waals surface area contributed by atoms with E-state index in [1.807, 2.05) is 6.92 Å². The standard InChI is InChI=1S/C12H13BrClN3O/c1-3-17(7-8(2)5-15)12(18)10-4-9(13)6-16-11(10)14/h4,6,8H,3,7H2,1-2H3. The molecule has 18 heavy (non-hydrogen) atoms. The molecule has 0 radical (unpaired) electrons. The fourth-order valence-electron chi connectivity index (χ4n) is 1.47. The fourth-order valence-corrected chi connectivity index (χ4v) is 1.99. The molecule has 4 nitrogen and oxygen atoms in total. The van der Waals surface area contributed by atoms with Crippen molar-refractivity contribution in [2.75, 3.05) is 13.1 Å². The molecule has 6 heteroatoms. The zero-order chi connectivity index (χ0) is 13.7. The molecule has 0 spiro atoms. The van der Waals surface area contributed by atoms with Gasteiger partial charge in [0.1, 0.15) is 5.15 Å². The molecule has 1 aromatic heterocycles. The van der Waals surface area contributed by atoms with Gasteiger partial charge in [0.05, 0.1) is 17.6 Å². The van der Waals surface area contributed by atoms with Crippen molar-refractivity contribution >= 4 is 33.4 Å². The highest BCUT2D eigenvalue weighted by atomic mass is 79.9. The minimum absolute atomic E-state index is 0.172. The van der Waals surface area contributed by atoms with Crippen LogP contribution >= 0.6 is 27.5 Å². The number of rotatable bonds is 4. The second-order valence-corrected chi connectivity index (χ2v) is 5.14. The number of hydrogen-bond acceptors (Lipinski definition) is 3. The predicted molar refractivity (Wildman–Crippen MR) is 73.3 cm³/mol. The summed E-state index contributed by atoms with van der Waals surface area (Å²) in [5, 5.41) is 8.97. The first-order valence-corrected chi connectivity index (χ1v) is 6.66. The van der Waals surface area contributed by atoms with Crippen LogP contribution in [0.1, 0.15) is 24.2 Å². The second kappa shape index (κ2) is 6.72. The van der Waals surface area contributed by atoms with Gasteiger partial charge in [-0.05, 0) is 35.8 Å². The Morgan fingerprint density at radius 2 is 2.39 bits per heavy atom. The van der Waals surface area contributed by atoms with Crippen molar-refractivity contribution in [3.63, 3.8) is 0 Å². The fraction of sp³-hybridized carbons (Fsp3) is 0.417. The summed E-state index contributed by atoms with van der Waals surface area (Å²) in [4.78, 5) is 17.8. The van der Waals surface area contributed by atoms with Gasteiger partial charge in [-0.25, -0.2) is 4.98 Å². The van der Waals surface area contributed by atoms with E-state index in [0.717, 1.165) is 0 Å². The van der Waals surface area contributed by atoms with Crippen molar-refractivity contribution in [2.24, 2.45) is 5.92 Å². The lowest BCUT2D eigenvalue weighted by Gasteiger charge is -2.22. The Kier molecular flexibility index (Phi) is 5.57. The number of pyridine rings is 1. The normalized spacial score (nSPS) is 11.7. The van der Waals surface area contributed by atoms with Gasteiger partial charge in [-0.2, -0.15) is 5.26 Å². The Hall–Kier alpha value is -1.12. The Labute approximate surface area is 120 Å². The summed E-state index contributed by atoms with van der Waals surface area (Å²) in [6, 6.07) is 3.75. The molecule has 0 fully saturated rings. The van der Waals surface area contributed by atoms with Gasteiger partial charge >= 0.3 is 0 Å². The van der Waals surface area contributed by atoms with E-state index in [-0.39, 0.29) is 17.0 Å². The molecule has 0 bridgehead atoms. The molecule has 96 valence electrons. The average Bonchev–Trinajstić information content (AvgIpc) is 2.37. The summed E-state index contributed by atoms with van der Waals surface area (Å²) in [7, 11) is 0.